The second-order valence-electron chi connectivity index (χ2n) is 9.22. The molecular weight excluding hydrogens is 388 g/mol. The SMILES string of the molecule is C=C(CCC)N(C)c1ccccc1Nc1c(C(C)C)cc(-c2ccccc2)cc1C(C)C. The zero-order valence-corrected chi connectivity index (χ0v) is 20.6. The summed E-state index contributed by atoms with van der Waals surface area (Å²) in [6.07, 6.45) is 2.08. The quantitative estimate of drug-likeness (QED) is 0.367. The van der Waals surface area contributed by atoms with E-state index in [2.05, 4.69) is 125 Å². The fraction of sp³-hybridized carbons (Fsp3) is 0.333. The smallest absolute Gasteiger partial charge is 0.0644 e. The highest BCUT2D eigenvalue weighted by Gasteiger charge is 2.19. The van der Waals surface area contributed by atoms with Gasteiger partial charge in [-0.25, -0.2) is 0 Å². The maximum Gasteiger partial charge on any atom is 0.0644 e. The Morgan fingerprint density at radius 3 is 1.97 bits per heavy atom. The van der Waals surface area contributed by atoms with Crippen molar-refractivity contribution in [3.63, 3.8) is 0 Å². The summed E-state index contributed by atoms with van der Waals surface area (Å²) in [7, 11) is 2.11. The van der Waals surface area contributed by atoms with Crippen molar-refractivity contribution in [2.45, 2.75) is 59.3 Å². The summed E-state index contributed by atoms with van der Waals surface area (Å²) in [5.41, 5.74) is 9.88. The number of para-hydroxylation sites is 2. The summed E-state index contributed by atoms with van der Waals surface area (Å²) >= 11 is 0. The molecule has 0 saturated carbocycles. The Bertz CT molecular complexity index is 1020. The third kappa shape index (κ3) is 5.24. The minimum absolute atomic E-state index is 0.401. The lowest BCUT2D eigenvalue weighted by Crippen LogP contribution is -2.17. The van der Waals surface area contributed by atoms with Gasteiger partial charge in [-0.15, -0.1) is 0 Å². The number of allylic oxidation sites excluding steroid dienone is 1. The van der Waals surface area contributed by atoms with Gasteiger partial charge in [-0.05, 0) is 64.8 Å². The third-order valence-corrected chi connectivity index (χ3v) is 6.09. The second kappa shape index (κ2) is 10.5. The van der Waals surface area contributed by atoms with E-state index in [1.165, 1.54) is 27.9 Å². The van der Waals surface area contributed by atoms with Crippen LogP contribution in [0.15, 0.2) is 79.0 Å². The monoisotopic (exact) mass is 426 g/mol. The molecule has 3 aromatic rings. The molecule has 2 heteroatoms. The highest BCUT2D eigenvalue weighted by atomic mass is 15.1. The molecule has 0 bridgehead atoms. The van der Waals surface area contributed by atoms with E-state index in [-0.39, 0.29) is 0 Å². The van der Waals surface area contributed by atoms with Crippen molar-refractivity contribution in [1.82, 2.24) is 0 Å². The van der Waals surface area contributed by atoms with Crippen LogP contribution < -0.4 is 10.2 Å². The first-order valence-corrected chi connectivity index (χ1v) is 11.8. The normalized spacial score (nSPS) is 11.1. The highest BCUT2D eigenvalue weighted by Crippen LogP contribution is 2.40. The van der Waals surface area contributed by atoms with Crippen LogP contribution in [0.5, 0.6) is 0 Å². The van der Waals surface area contributed by atoms with Gasteiger partial charge in [0.2, 0.25) is 0 Å². The molecule has 32 heavy (non-hydrogen) atoms. The molecule has 0 spiro atoms. The van der Waals surface area contributed by atoms with Gasteiger partial charge in [-0.1, -0.05) is 90.1 Å². The largest absolute Gasteiger partial charge is 0.353 e. The predicted octanol–water partition coefficient (Wildman–Crippen LogP) is 9.09. The average molecular weight is 427 g/mol. The Kier molecular flexibility index (Phi) is 7.80. The van der Waals surface area contributed by atoms with Gasteiger partial charge in [-0.3, -0.25) is 0 Å². The van der Waals surface area contributed by atoms with Gasteiger partial charge in [0.15, 0.2) is 0 Å². The first-order valence-electron chi connectivity index (χ1n) is 11.8. The van der Waals surface area contributed by atoms with E-state index in [0.29, 0.717) is 11.8 Å². The minimum Gasteiger partial charge on any atom is -0.353 e. The molecule has 2 nitrogen and oxygen atoms in total. The number of hydrogen-bond donors (Lipinski definition) is 1. The number of anilines is 3. The molecule has 0 aromatic heterocycles. The fourth-order valence-electron chi connectivity index (χ4n) is 4.17. The van der Waals surface area contributed by atoms with Crippen molar-refractivity contribution in [3.8, 4) is 11.1 Å². The van der Waals surface area contributed by atoms with Crippen molar-refractivity contribution in [2.24, 2.45) is 0 Å². The predicted molar refractivity (Wildman–Crippen MR) is 142 cm³/mol. The lowest BCUT2D eigenvalue weighted by Gasteiger charge is -2.27. The first kappa shape index (κ1) is 23.7. The van der Waals surface area contributed by atoms with Gasteiger partial charge in [0.25, 0.3) is 0 Å². The average Bonchev–Trinajstić information content (AvgIpc) is 2.79. The van der Waals surface area contributed by atoms with Crippen LogP contribution in [-0.4, -0.2) is 7.05 Å². The first-order chi connectivity index (χ1) is 15.3. The number of rotatable bonds is 9. The summed E-state index contributed by atoms with van der Waals surface area (Å²) in [5.74, 6) is 0.803. The summed E-state index contributed by atoms with van der Waals surface area (Å²) < 4.78 is 0. The standard InChI is InChI=1S/C30H38N2/c1-8-14-23(6)32(7)29-18-13-12-17-28(29)31-30-26(21(2)3)19-25(20-27(30)22(4)5)24-15-10-9-11-16-24/h9-13,15-22,31H,6,8,14H2,1-5,7H3. The molecule has 0 aliphatic heterocycles. The lowest BCUT2D eigenvalue weighted by atomic mass is 9.88. The minimum atomic E-state index is 0.401. The molecule has 0 fully saturated rings. The van der Waals surface area contributed by atoms with E-state index in [1.54, 1.807) is 0 Å². The highest BCUT2D eigenvalue weighted by molar-refractivity contribution is 5.81. The van der Waals surface area contributed by atoms with Crippen LogP contribution in [0, 0.1) is 0 Å². The Morgan fingerprint density at radius 2 is 1.41 bits per heavy atom. The van der Waals surface area contributed by atoms with E-state index in [1.807, 2.05) is 0 Å². The lowest BCUT2D eigenvalue weighted by molar-refractivity contribution is 0.838. The van der Waals surface area contributed by atoms with E-state index in [0.717, 1.165) is 29.9 Å². The van der Waals surface area contributed by atoms with Crippen molar-refractivity contribution >= 4 is 17.1 Å². The van der Waals surface area contributed by atoms with Crippen molar-refractivity contribution < 1.29 is 0 Å². The molecule has 1 N–H and O–H groups in total. The van der Waals surface area contributed by atoms with Crippen LogP contribution >= 0.6 is 0 Å². The zero-order valence-electron chi connectivity index (χ0n) is 20.6. The molecule has 0 amide bonds. The number of hydrogen-bond acceptors (Lipinski definition) is 2. The third-order valence-electron chi connectivity index (χ3n) is 6.09. The van der Waals surface area contributed by atoms with Gasteiger partial charge < -0.3 is 10.2 Å². The van der Waals surface area contributed by atoms with E-state index in [9.17, 15) is 0 Å². The second-order valence-corrected chi connectivity index (χ2v) is 9.22. The van der Waals surface area contributed by atoms with Crippen LogP contribution in [0.1, 0.15) is 70.4 Å². The molecule has 0 aliphatic rings. The summed E-state index contributed by atoms with van der Waals surface area (Å²) in [6.45, 7) is 15.6. The number of nitrogens with one attached hydrogen (secondary N) is 1. The van der Waals surface area contributed by atoms with Crippen LogP contribution in [0.2, 0.25) is 0 Å². The molecule has 0 radical (unpaired) electrons. The van der Waals surface area contributed by atoms with Crippen LogP contribution in [0.25, 0.3) is 11.1 Å². The number of benzene rings is 3. The van der Waals surface area contributed by atoms with E-state index >= 15 is 0 Å². The number of nitrogens with zero attached hydrogens (tertiary/aromatic N) is 1. The maximum atomic E-state index is 4.30. The van der Waals surface area contributed by atoms with Crippen LogP contribution in [0.3, 0.4) is 0 Å². The van der Waals surface area contributed by atoms with E-state index in [4.69, 9.17) is 0 Å². The van der Waals surface area contributed by atoms with Gasteiger partial charge in [-0.2, -0.15) is 0 Å². The summed E-state index contributed by atoms with van der Waals surface area (Å²) in [6, 6.07) is 23.9. The van der Waals surface area contributed by atoms with Crippen molar-refractivity contribution in [2.75, 3.05) is 17.3 Å². The molecule has 0 unspecified atom stereocenters. The Morgan fingerprint density at radius 1 is 0.844 bits per heavy atom. The molecule has 168 valence electrons. The van der Waals surface area contributed by atoms with Crippen molar-refractivity contribution in [3.05, 3.63) is 90.1 Å². The van der Waals surface area contributed by atoms with Gasteiger partial charge in [0, 0.05) is 18.4 Å². The van der Waals surface area contributed by atoms with Gasteiger partial charge in [0.05, 0.1) is 11.4 Å². The topological polar surface area (TPSA) is 15.3 Å². The zero-order chi connectivity index (χ0) is 23.3. The van der Waals surface area contributed by atoms with Gasteiger partial charge in [0.1, 0.15) is 0 Å². The van der Waals surface area contributed by atoms with Crippen molar-refractivity contribution in [1.29, 1.82) is 0 Å². The Hall–Kier alpha value is -3.00. The van der Waals surface area contributed by atoms with Gasteiger partial charge >= 0.3 is 0 Å². The maximum absolute atomic E-state index is 4.30. The fourth-order valence-corrected chi connectivity index (χ4v) is 4.17. The molecular formula is C30H38N2. The molecule has 0 saturated heterocycles. The summed E-state index contributed by atoms with van der Waals surface area (Å²) in [4.78, 5) is 2.22. The molecule has 3 aromatic carbocycles. The Labute approximate surface area is 195 Å². The van der Waals surface area contributed by atoms with Crippen LogP contribution in [-0.2, 0) is 0 Å². The molecule has 3 rings (SSSR count). The van der Waals surface area contributed by atoms with Crippen LogP contribution in [0.4, 0.5) is 17.1 Å². The molecule has 0 aliphatic carbocycles. The summed E-state index contributed by atoms with van der Waals surface area (Å²) in [5, 5.41) is 3.85. The van der Waals surface area contributed by atoms with E-state index < -0.39 is 0 Å². The Balaban J connectivity index is 2.12. The molecule has 0 atom stereocenters. The molecule has 0 heterocycles.